The summed E-state index contributed by atoms with van der Waals surface area (Å²) in [6.07, 6.45) is 4.31. The Morgan fingerprint density at radius 3 is 2.66 bits per heavy atom. The summed E-state index contributed by atoms with van der Waals surface area (Å²) in [5, 5.41) is 9.09. The van der Waals surface area contributed by atoms with Crippen molar-refractivity contribution < 1.29 is 28.6 Å². The molecule has 2 aliphatic carbocycles. The molecule has 1 saturated carbocycles. The number of aryl methyl sites for hydroxylation is 1. The number of hydrogen-bond donors (Lipinski definition) is 1. The van der Waals surface area contributed by atoms with E-state index in [0.29, 0.717) is 38.0 Å². The third-order valence-electron chi connectivity index (χ3n) is 9.15. The highest BCUT2D eigenvalue weighted by Crippen LogP contribution is 2.44. The number of fused-ring (bicyclic) bond motifs is 4. The average molecular weight is 520 g/mol. The zero-order chi connectivity index (χ0) is 26.8. The van der Waals surface area contributed by atoms with Crippen LogP contribution in [0.15, 0.2) is 24.3 Å². The van der Waals surface area contributed by atoms with Gasteiger partial charge in [-0.15, -0.1) is 0 Å². The maximum atomic E-state index is 15.2. The van der Waals surface area contributed by atoms with Crippen LogP contribution in [0.4, 0.5) is 4.39 Å². The topological polar surface area (TPSA) is 83.9 Å². The molecule has 1 N–H and O–H groups in total. The van der Waals surface area contributed by atoms with Crippen molar-refractivity contribution in [2.24, 2.45) is 11.8 Å². The molecule has 0 aromatic heterocycles. The molecular formula is C31H34FNO5. The highest BCUT2D eigenvalue weighted by molar-refractivity contribution is 5.93. The second kappa shape index (κ2) is 9.21. The number of Topliss-reactive ketones (excluding diaryl/α,β-unsaturated/α-hetero) is 1. The molecule has 4 aliphatic rings. The maximum Gasteiger partial charge on any atom is 0.303 e. The van der Waals surface area contributed by atoms with Crippen molar-refractivity contribution in [3.63, 3.8) is 0 Å². The lowest BCUT2D eigenvalue weighted by atomic mass is 9.72. The molecule has 1 atom stereocenters. The Morgan fingerprint density at radius 1 is 1.11 bits per heavy atom. The Morgan fingerprint density at radius 2 is 1.89 bits per heavy atom. The van der Waals surface area contributed by atoms with E-state index in [2.05, 4.69) is 13.8 Å². The number of amides is 1. The minimum absolute atomic E-state index is 0.00277. The Labute approximate surface area is 222 Å². The van der Waals surface area contributed by atoms with Crippen LogP contribution in [-0.4, -0.2) is 40.8 Å². The van der Waals surface area contributed by atoms with E-state index in [-0.39, 0.29) is 47.6 Å². The minimum Gasteiger partial charge on any atom is -0.493 e. The Bertz CT molecular complexity index is 1340. The number of ether oxygens (including phenoxy) is 1. The smallest absolute Gasteiger partial charge is 0.303 e. The molecule has 38 heavy (non-hydrogen) atoms. The van der Waals surface area contributed by atoms with Gasteiger partial charge in [0, 0.05) is 37.3 Å². The Kier molecular flexibility index (Phi) is 6.08. The Balaban J connectivity index is 1.30. The quantitative estimate of drug-likeness (QED) is 0.597. The lowest BCUT2D eigenvalue weighted by molar-refractivity contribution is -0.149. The predicted octanol–water partition coefficient (Wildman–Crippen LogP) is 4.72. The molecule has 0 bridgehead atoms. The number of carboxylic acids is 1. The first kappa shape index (κ1) is 25.1. The largest absolute Gasteiger partial charge is 0.493 e. The van der Waals surface area contributed by atoms with Gasteiger partial charge in [-0.2, -0.15) is 0 Å². The van der Waals surface area contributed by atoms with Gasteiger partial charge in [0.1, 0.15) is 17.6 Å². The number of halogens is 1. The molecule has 0 radical (unpaired) electrons. The number of carboxylic acid groups (broad SMARTS) is 1. The molecule has 0 saturated heterocycles. The molecule has 200 valence electrons. The predicted molar refractivity (Wildman–Crippen MR) is 139 cm³/mol. The molecule has 2 aliphatic heterocycles. The van der Waals surface area contributed by atoms with Crippen LogP contribution in [0.2, 0.25) is 0 Å². The van der Waals surface area contributed by atoms with Gasteiger partial charge in [-0.3, -0.25) is 14.4 Å². The van der Waals surface area contributed by atoms with Crippen molar-refractivity contribution in [2.75, 3.05) is 13.2 Å². The first-order chi connectivity index (χ1) is 18.1. The zero-order valence-electron chi connectivity index (χ0n) is 22.0. The third kappa shape index (κ3) is 4.20. The molecule has 2 heterocycles. The van der Waals surface area contributed by atoms with E-state index in [9.17, 15) is 14.4 Å². The van der Waals surface area contributed by atoms with E-state index < -0.39 is 12.0 Å². The van der Waals surface area contributed by atoms with Crippen molar-refractivity contribution in [1.29, 1.82) is 0 Å². The van der Waals surface area contributed by atoms with Gasteiger partial charge in [0.25, 0.3) is 0 Å². The standard InChI is InChI=1S/C31H34FNO5/c1-31(2)8-5-20-11-18(14-24(32)27(20)31)15-25(34)28-22-4-3-19-7-10-38-29(19)23(22)6-9-33(28)30(37)21-12-17(13-21)16-26(35)36/h3-4,11,14,17,21,28H,5-10,12-13,15-16H2,1-2H3,(H,35,36). The van der Waals surface area contributed by atoms with Crippen LogP contribution >= 0.6 is 0 Å². The molecule has 6 rings (SSSR count). The number of carbonyl (C=O) groups is 3. The maximum absolute atomic E-state index is 15.2. The highest BCUT2D eigenvalue weighted by atomic mass is 19.1. The zero-order valence-corrected chi connectivity index (χ0v) is 22.0. The second-order valence-corrected chi connectivity index (χ2v) is 12.2. The van der Waals surface area contributed by atoms with Gasteiger partial charge < -0.3 is 14.7 Å². The molecule has 7 heteroatoms. The number of benzene rings is 2. The fourth-order valence-corrected chi connectivity index (χ4v) is 7.20. The summed E-state index contributed by atoms with van der Waals surface area (Å²) in [6.45, 7) is 5.13. The molecule has 1 fully saturated rings. The van der Waals surface area contributed by atoms with E-state index >= 15 is 4.39 Å². The van der Waals surface area contributed by atoms with Gasteiger partial charge in [0.05, 0.1) is 6.61 Å². The van der Waals surface area contributed by atoms with Gasteiger partial charge >= 0.3 is 5.97 Å². The van der Waals surface area contributed by atoms with E-state index in [4.69, 9.17) is 9.84 Å². The molecular weight excluding hydrogens is 485 g/mol. The molecule has 1 amide bonds. The number of aliphatic carboxylic acids is 1. The fourth-order valence-electron chi connectivity index (χ4n) is 7.20. The summed E-state index contributed by atoms with van der Waals surface area (Å²) in [7, 11) is 0. The van der Waals surface area contributed by atoms with Crippen molar-refractivity contribution in [1.82, 2.24) is 4.90 Å². The van der Waals surface area contributed by atoms with Crippen LogP contribution in [0, 0.1) is 17.7 Å². The third-order valence-corrected chi connectivity index (χ3v) is 9.15. The first-order valence-electron chi connectivity index (χ1n) is 13.8. The van der Waals surface area contributed by atoms with Crippen molar-refractivity contribution in [2.45, 2.75) is 76.7 Å². The summed E-state index contributed by atoms with van der Waals surface area (Å²) in [5.41, 5.74) is 5.09. The number of ketones is 1. The van der Waals surface area contributed by atoms with Gasteiger partial charge in [0.15, 0.2) is 5.78 Å². The average Bonchev–Trinajstić information content (AvgIpc) is 3.44. The lowest BCUT2D eigenvalue weighted by Crippen LogP contribution is -2.49. The molecule has 1 unspecified atom stereocenters. The summed E-state index contributed by atoms with van der Waals surface area (Å²) in [4.78, 5) is 40.4. The van der Waals surface area contributed by atoms with Crippen LogP contribution < -0.4 is 4.74 Å². The van der Waals surface area contributed by atoms with Gasteiger partial charge in [-0.25, -0.2) is 4.39 Å². The number of carbonyl (C=O) groups excluding carboxylic acids is 2. The van der Waals surface area contributed by atoms with Gasteiger partial charge in [-0.1, -0.05) is 32.0 Å². The molecule has 2 aromatic rings. The summed E-state index contributed by atoms with van der Waals surface area (Å²) >= 11 is 0. The van der Waals surface area contributed by atoms with Crippen molar-refractivity contribution in [3.05, 3.63) is 63.5 Å². The molecule has 6 nitrogen and oxygen atoms in total. The second-order valence-electron chi connectivity index (χ2n) is 12.2. The lowest BCUT2D eigenvalue weighted by Gasteiger charge is -2.42. The van der Waals surface area contributed by atoms with Crippen LogP contribution in [0.5, 0.6) is 5.75 Å². The number of rotatable bonds is 6. The van der Waals surface area contributed by atoms with Crippen molar-refractivity contribution >= 4 is 17.7 Å². The first-order valence-corrected chi connectivity index (χ1v) is 13.8. The highest BCUT2D eigenvalue weighted by Gasteiger charge is 2.44. The van der Waals surface area contributed by atoms with E-state index in [1.165, 1.54) is 6.07 Å². The van der Waals surface area contributed by atoms with Crippen LogP contribution in [0.3, 0.4) is 0 Å². The number of nitrogens with zero attached hydrogens (tertiary/aromatic N) is 1. The van der Waals surface area contributed by atoms with E-state index in [1.54, 1.807) is 4.90 Å². The summed E-state index contributed by atoms with van der Waals surface area (Å²) < 4.78 is 21.1. The minimum atomic E-state index is -0.848. The summed E-state index contributed by atoms with van der Waals surface area (Å²) in [5.74, 6) is -0.725. The summed E-state index contributed by atoms with van der Waals surface area (Å²) in [6, 6.07) is 6.67. The van der Waals surface area contributed by atoms with Crippen LogP contribution in [0.1, 0.15) is 79.0 Å². The van der Waals surface area contributed by atoms with Gasteiger partial charge in [0.2, 0.25) is 5.91 Å². The number of hydrogen-bond acceptors (Lipinski definition) is 4. The van der Waals surface area contributed by atoms with Crippen LogP contribution in [-0.2, 0) is 45.5 Å². The Hall–Kier alpha value is -3.22. The SMILES string of the molecule is CC1(C)CCc2cc(CC(=O)C3c4ccc5c(c4CCN3C(=O)C3CC(CC(=O)O)C3)OCC5)cc(F)c21. The van der Waals surface area contributed by atoms with Crippen LogP contribution in [0.25, 0.3) is 0 Å². The molecule has 2 aromatic carbocycles. The fraction of sp³-hybridized carbons (Fsp3) is 0.516. The molecule has 0 spiro atoms. The van der Waals surface area contributed by atoms with E-state index in [1.807, 2.05) is 18.2 Å². The van der Waals surface area contributed by atoms with Gasteiger partial charge in [-0.05, 0) is 77.3 Å². The normalized spacial score (nSPS) is 24.6. The van der Waals surface area contributed by atoms with Crippen molar-refractivity contribution in [3.8, 4) is 5.75 Å². The monoisotopic (exact) mass is 519 g/mol. The van der Waals surface area contributed by atoms with E-state index in [0.717, 1.165) is 52.8 Å².